The third-order valence-electron chi connectivity index (χ3n) is 3.55. The third-order valence-corrected chi connectivity index (χ3v) is 3.55. The van der Waals surface area contributed by atoms with Crippen molar-refractivity contribution < 1.29 is 13.9 Å². The summed E-state index contributed by atoms with van der Waals surface area (Å²) in [6.07, 6.45) is 2.40. The van der Waals surface area contributed by atoms with Crippen LogP contribution in [0, 0.1) is 5.82 Å². The van der Waals surface area contributed by atoms with Crippen molar-refractivity contribution in [3.8, 4) is 5.75 Å². The molecule has 0 aliphatic heterocycles. The molecule has 2 rings (SSSR count). The molecule has 2 aromatic carbocycles. The quantitative estimate of drug-likeness (QED) is 0.729. The number of nitrogens with zero attached hydrogens (tertiary/aromatic N) is 1. The van der Waals surface area contributed by atoms with E-state index in [0.717, 1.165) is 12.0 Å². The van der Waals surface area contributed by atoms with Crippen molar-refractivity contribution in [2.75, 3.05) is 20.2 Å². The predicted octanol–water partition coefficient (Wildman–Crippen LogP) is 3.71. The second kappa shape index (κ2) is 8.13. The van der Waals surface area contributed by atoms with Gasteiger partial charge in [0.25, 0.3) is 5.91 Å². The first kappa shape index (κ1) is 16.7. The molecule has 0 heterocycles. The standard InChI is InChI=1S/C19H20FNO2/c1-3-12-21(13-11-15-7-5-4-6-8-15)19(22)16-9-10-18(23-2)17(20)14-16/h3-10,14H,1,11-13H2,2H3. The zero-order valence-corrected chi connectivity index (χ0v) is 13.2. The van der Waals surface area contributed by atoms with Crippen LogP contribution < -0.4 is 4.74 Å². The molecule has 0 N–H and O–H groups in total. The Bertz CT molecular complexity index is 670. The highest BCUT2D eigenvalue weighted by Gasteiger charge is 2.16. The molecule has 0 radical (unpaired) electrons. The summed E-state index contributed by atoms with van der Waals surface area (Å²) in [6, 6.07) is 14.2. The van der Waals surface area contributed by atoms with Gasteiger partial charge in [0.05, 0.1) is 7.11 Å². The van der Waals surface area contributed by atoms with E-state index in [1.165, 1.54) is 19.2 Å². The van der Waals surface area contributed by atoms with Crippen LogP contribution in [0.3, 0.4) is 0 Å². The van der Waals surface area contributed by atoms with Gasteiger partial charge in [-0.1, -0.05) is 36.4 Å². The average molecular weight is 313 g/mol. The lowest BCUT2D eigenvalue weighted by atomic mass is 10.1. The fourth-order valence-corrected chi connectivity index (χ4v) is 2.32. The Hall–Kier alpha value is -2.62. The van der Waals surface area contributed by atoms with Crippen molar-refractivity contribution in [3.63, 3.8) is 0 Å². The molecule has 2 aromatic rings. The van der Waals surface area contributed by atoms with Gasteiger partial charge in [-0.05, 0) is 30.2 Å². The van der Waals surface area contributed by atoms with Gasteiger partial charge in [-0.15, -0.1) is 6.58 Å². The summed E-state index contributed by atoms with van der Waals surface area (Å²) in [4.78, 5) is 14.2. The molecule has 0 bridgehead atoms. The van der Waals surface area contributed by atoms with Crippen LogP contribution in [0.4, 0.5) is 4.39 Å². The minimum atomic E-state index is -0.542. The third kappa shape index (κ3) is 4.42. The van der Waals surface area contributed by atoms with Crippen LogP contribution in [0.2, 0.25) is 0 Å². The molecule has 0 aliphatic carbocycles. The number of halogens is 1. The number of hydrogen-bond donors (Lipinski definition) is 0. The molecule has 3 nitrogen and oxygen atoms in total. The minimum Gasteiger partial charge on any atom is -0.494 e. The summed E-state index contributed by atoms with van der Waals surface area (Å²) in [7, 11) is 1.39. The van der Waals surface area contributed by atoms with Crippen LogP contribution in [0.5, 0.6) is 5.75 Å². The van der Waals surface area contributed by atoms with Gasteiger partial charge in [0.2, 0.25) is 0 Å². The molecule has 23 heavy (non-hydrogen) atoms. The summed E-state index contributed by atoms with van der Waals surface area (Å²) in [5.74, 6) is -0.636. The maximum absolute atomic E-state index is 13.8. The van der Waals surface area contributed by atoms with Gasteiger partial charge in [-0.2, -0.15) is 0 Å². The molecule has 0 saturated carbocycles. The fraction of sp³-hybridized carbons (Fsp3) is 0.211. The van der Waals surface area contributed by atoms with E-state index in [1.807, 2.05) is 30.3 Å². The zero-order chi connectivity index (χ0) is 16.7. The van der Waals surface area contributed by atoms with Gasteiger partial charge in [0, 0.05) is 18.7 Å². The summed E-state index contributed by atoms with van der Waals surface area (Å²) in [6.45, 7) is 4.65. The van der Waals surface area contributed by atoms with Gasteiger partial charge in [0.15, 0.2) is 11.6 Å². The Morgan fingerprint density at radius 2 is 2.00 bits per heavy atom. The monoisotopic (exact) mass is 313 g/mol. The highest BCUT2D eigenvalue weighted by Crippen LogP contribution is 2.19. The normalized spacial score (nSPS) is 10.2. The topological polar surface area (TPSA) is 29.5 Å². The molecule has 0 atom stereocenters. The molecule has 1 amide bonds. The predicted molar refractivity (Wildman–Crippen MR) is 89.2 cm³/mol. The van der Waals surface area contributed by atoms with Crippen molar-refractivity contribution >= 4 is 5.91 Å². The maximum atomic E-state index is 13.8. The second-order valence-corrected chi connectivity index (χ2v) is 5.12. The summed E-state index contributed by atoms with van der Waals surface area (Å²) >= 11 is 0. The molecule has 4 heteroatoms. The molecular formula is C19H20FNO2. The van der Waals surface area contributed by atoms with Crippen molar-refractivity contribution in [1.29, 1.82) is 0 Å². The first-order valence-corrected chi connectivity index (χ1v) is 7.43. The van der Waals surface area contributed by atoms with Gasteiger partial charge in [-0.25, -0.2) is 4.39 Å². The van der Waals surface area contributed by atoms with E-state index in [1.54, 1.807) is 17.0 Å². The number of carbonyl (C=O) groups is 1. The molecule has 0 unspecified atom stereocenters. The molecule has 120 valence electrons. The Morgan fingerprint density at radius 3 is 2.61 bits per heavy atom. The largest absolute Gasteiger partial charge is 0.494 e. The van der Waals surface area contributed by atoms with E-state index >= 15 is 0 Å². The van der Waals surface area contributed by atoms with E-state index < -0.39 is 5.82 Å². The number of hydrogen-bond acceptors (Lipinski definition) is 2. The highest BCUT2D eigenvalue weighted by molar-refractivity contribution is 5.94. The van der Waals surface area contributed by atoms with Gasteiger partial charge < -0.3 is 9.64 Å². The van der Waals surface area contributed by atoms with Crippen molar-refractivity contribution in [2.24, 2.45) is 0 Å². The lowest BCUT2D eigenvalue weighted by Crippen LogP contribution is -2.33. The van der Waals surface area contributed by atoms with Crippen LogP contribution in [-0.2, 0) is 6.42 Å². The van der Waals surface area contributed by atoms with E-state index in [2.05, 4.69) is 6.58 Å². The smallest absolute Gasteiger partial charge is 0.254 e. The van der Waals surface area contributed by atoms with Crippen LogP contribution in [-0.4, -0.2) is 31.0 Å². The first-order chi connectivity index (χ1) is 11.2. The molecule has 0 aromatic heterocycles. The second-order valence-electron chi connectivity index (χ2n) is 5.12. The van der Waals surface area contributed by atoms with E-state index in [9.17, 15) is 9.18 Å². The highest BCUT2D eigenvalue weighted by atomic mass is 19.1. The van der Waals surface area contributed by atoms with E-state index in [-0.39, 0.29) is 11.7 Å². The molecule has 0 saturated heterocycles. The molecular weight excluding hydrogens is 293 g/mol. The van der Waals surface area contributed by atoms with Crippen molar-refractivity contribution in [2.45, 2.75) is 6.42 Å². The Morgan fingerprint density at radius 1 is 1.26 bits per heavy atom. The Balaban J connectivity index is 2.11. The number of carbonyl (C=O) groups excluding carboxylic acids is 1. The van der Waals surface area contributed by atoms with Crippen LogP contribution in [0.15, 0.2) is 61.2 Å². The number of ether oxygens (including phenoxy) is 1. The number of benzene rings is 2. The van der Waals surface area contributed by atoms with E-state index in [4.69, 9.17) is 4.74 Å². The van der Waals surface area contributed by atoms with Crippen LogP contribution in [0.1, 0.15) is 15.9 Å². The first-order valence-electron chi connectivity index (χ1n) is 7.43. The van der Waals surface area contributed by atoms with Gasteiger partial charge in [0.1, 0.15) is 0 Å². The van der Waals surface area contributed by atoms with Gasteiger partial charge in [-0.3, -0.25) is 4.79 Å². The van der Waals surface area contributed by atoms with Crippen molar-refractivity contribution in [1.82, 2.24) is 4.90 Å². The number of rotatable bonds is 7. The minimum absolute atomic E-state index is 0.126. The van der Waals surface area contributed by atoms with Crippen molar-refractivity contribution in [3.05, 3.63) is 78.1 Å². The van der Waals surface area contributed by atoms with Crippen LogP contribution in [0.25, 0.3) is 0 Å². The van der Waals surface area contributed by atoms with Gasteiger partial charge >= 0.3 is 0 Å². The number of methoxy groups -OCH3 is 1. The molecule has 0 fully saturated rings. The molecule has 0 aliphatic rings. The van der Waals surface area contributed by atoms with E-state index in [0.29, 0.717) is 18.7 Å². The average Bonchev–Trinajstić information content (AvgIpc) is 2.58. The lowest BCUT2D eigenvalue weighted by Gasteiger charge is -2.21. The van der Waals surface area contributed by atoms with Crippen LogP contribution >= 0.6 is 0 Å². The lowest BCUT2D eigenvalue weighted by molar-refractivity contribution is 0.0775. The Kier molecular flexibility index (Phi) is 5.92. The summed E-state index contributed by atoms with van der Waals surface area (Å²) < 4.78 is 18.7. The fourth-order valence-electron chi connectivity index (χ4n) is 2.32. The maximum Gasteiger partial charge on any atom is 0.254 e. The zero-order valence-electron chi connectivity index (χ0n) is 13.2. The summed E-state index contributed by atoms with van der Waals surface area (Å²) in [5, 5.41) is 0. The Labute approximate surface area is 136 Å². The molecule has 0 spiro atoms. The number of amides is 1. The SMILES string of the molecule is C=CCN(CCc1ccccc1)C(=O)c1ccc(OC)c(F)c1. The summed E-state index contributed by atoms with van der Waals surface area (Å²) in [5.41, 5.74) is 1.45.